The smallest absolute Gasteiger partial charge is 0.251 e. The minimum absolute atomic E-state index is 0.0191. The SMILES string of the molecule is C[C@@H](Cc1ccco1)NC(=O)c1ccc2c(c1)CCC(=O)N2. The van der Waals surface area contributed by atoms with Crippen molar-refractivity contribution in [3.8, 4) is 0 Å². The maximum Gasteiger partial charge on any atom is 0.251 e. The number of hydrogen-bond acceptors (Lipinski definition) is 3. The lowest BCUT2D eigenvalue weighted by Crippen LogP contribution is -2.34. The minimum atomic E-state index is -0.112. The predicted molar refractivity (Wildman–Crippen MR) is 82.7 cm³/mol. The third kappa shape index (κ3) is 3.19. The van der Waals surface area contributed by atoms with E-state index in [1.165, 1.54) is 0 Å². The summed E-state index contributed by atoms with van der Waals surface area (Å²) in [4.78, 5) is 23.6. The largest absolute Gasteiger partial charge is 0.469 e. The molecule has 2 N–H and O–H groups in total. The summed E-state index contributed by atoms with van der Waals surface area (Å²) in [6.07, 6.45) is 3.42. The number of carbonyl (C=O) groups excluding carboxylic acids is 2. The summed E-state index contributed by atoms with van der Waals surface area (Å²) in [7, 11) is 0. The first-order chi connectivity index (χ1) is 10.6. The van der Waals surface area contributed by atoms with Crippen LogP contribution in [0.25, 0.3) is 0 Å². The van der Waals surface area contributed by atoms with E-state index in [1.807, 2.05) is 25.1 Å². The lowest BCUT2D eigenvalue weighted by molar-refractivity contribution is -0.116. The highest BCUT2D eigenvalue weighted by molar-refractivity contribution is 5.98. The molecule has 2 heterocycles. The Kier molecular flexibility index (Phi) is 3.96. The first kappa shape index (κ1) is 14.4. The highest BCUT2D eigenvalue weighted by atomic mass is 16.3. The zero-order chi connectivity index (χ0) is 15.5. The van der Waals surface area contributed by atoms with Crippen molar-refractivity contribution in [3.63, 3.8) is 0 Å². The van der Waals surface area contributed by atoms with Crippen LogP contribution < -0.4 is 10.6 Å². The monoisotopic (exact) mass is 298 g/mol. The first-order valence-electron chi connectivity index (χ1n) is 7.38. The molecule has 5 nitrogen and oxygen atoms in total. The number of fused-ring (bicyclic) bond motifs is 1. The Morgan fingerprint density at radius 3 is 3.00 bits per heavy atom. The highest BCUT2D eigenvalue weighted by Crippen LogP contribution is 2.23. The number of amides is 2. The number of benzene rings is 1. The molecule has 22 heavy (non-hydrogen) atoms. The Hall–Kier alpha value is -2.56. The predicted octanol–water partition coefficient (Wildman–Crippen LogP) is 2.53. The molecule has 0 fully saturated rings. The molecule has 5 heteroatoms. The number of anilines is 1. The van der Waals surface area contributed by atoms with Gasteiger partial charge >= 0.3 is 0 Å². The van der Waals surface area contributed by atoms with E-state index in [0.717, 1.165) is 17.0 Å². The van der Waals surface area contributed by atoms with Crippen LogP contribution in [0.2, 0.25) is 0 Å². The number of furan rings is 1. The molecule has 0 bridgehead atoms. The van der Waals surface area contributed by atoms with Crippen molar-refractivity contribution in [3.05, 3.63) is 53.5 Å². The average molecular weight is 298 g/mol. The number of hydrogen-bond donors (Lipinski definition) is 2. The molecule has 2 amide bonds. The van der Waals surface area contributed by atoms with E-state index in [-0.39, 0.29) is 17.9 Å². The van der Waals surface area contributed by atoms with Crippen LogP contribution >= 0.6 is 0 Å². The molecule has 0 spiro atoms. The summed E-state index contributed by atoms with van der Waals surface area (Å²) in [5.41, 5.74) is 2.42. The highest BCUT2D eigenvalue weighted by Gasteiger charge is 2.17. The van der Waals surface area contributed by atoms with Crippen LogP contribution in [0.3, 0.4) is 0 Å². The molecule has 0 unspecified atom stereocenters. The van der Waals surface area contributed by atoms with Crippen molar-refractivity contribution in [2.75, 3.05) is 5.32 Å². The van der Waals surface area contributed by atoms with Gasteiger partial charge in [0.05, 0.1) is 6.26 Å². The van der Waals surface area contributed by atoms with Gasteiger partial charge in [0.2, 0.25) is 5.91 Å². The van der Waals surface area contributed by atoms with Gasteiger partial charge in [-0.2, -0.15) is 0 Å². The molecule has 0 radical (unpaired) electrons. The Morgan fingerprint density at radius 1 is 1.36 bits per heavy atom. The van der Waals surface area contributed by atoms with E-state index >= 15 is 0 Å². The fourth-order valence-corrected chi connectivity index (χ4v) is 2.61. The summed E-state index contributed by atoms with van der Waals surface area (Å²) >= 11 is 0. The van der Waals surface area contributed by atoms with Crippen molar-refractivity contribution >= 4 is 17.5 Å². The van der Waals surface area contributed by atoms with Crippen LogP contribution in [0.15, 0.2) is 41.0 Å². The zero-order valence-corrected chi connectivity index (χ0v) is 12.4. The van der Waals surface area contributed by atoms with Gasteiger partial charge < -0.3 is 15.1 Å². The van der Waals surface area contributed by atoms with Gasteiger partial charge in [-0.3, -0.25) is 9.59 Å². The topological polar surface area (TPSA) is 71.3 Å². The molecule has 1 aromatic carbocycles. The summed E-state index contributed by atoms with van der Waals surface area (Å²) in [5, 5.41) is 5.78. The molecule has 1 aliphatic heterocycles. The van der Waals surface area contributed by atoms with Crippen LogP contribution in [0.1, 0.15) is 35.0 Å². The maximum atomic E-state index is 12.3. The van der Waals surface area contributed by atoms with Crippen LogP contribution in [0.5, 0.6) is 0 Å². The fraction of sp³-hybridized carbons (Fsp3) is 0.294. The second-order valence-electron chi connectivity index (χ2n) is 5.58. The summed E-state index contributed by atoms with van der Waals surface area (Å²) in [5.74, 6) is 0.761. The van der Waals surface area contributed by atoms with E-state index in [4.69, 9.17) is 4.42 Å². The molecule has 1 atom stereocenters. The van der Waals surface area contributed by atoms with Crippen LogP contribution in [-0.2, 0) is 17.6 Å². The van der Waals surface area contributed by atoms with Crippen molar-refractivity contribution in [1.82, 2.24) is 5.32 Å². The number of rotatable bonds is 4. The molecule has 3 rings (SSSR count). The molecular weight excluding hydrogens is 280 g/mol. The maximum absolute atomic E-state index is 12.3. The molecule has 0 saturated heterocycles. The van der Waals surface area contributed by atoms with Crippen LogP contribution in [0.4, 0.5) is 5.69 Å². The summed E-state index contributed by atoms with van der Waals surface area (Å²) in [6, 6.07) is 9.09. The van der Waals surface area contributed by atoms with E-state index in [0.29, 0.717) is 24.8 Å². The summed E-state index contributed by atoms with van der Waals surface area (Å²) in [6.45, 7) is 1.94. The van der Waals surface area contributed by atoms with E-state index in [1.54, 1.807) is 18.4 Å². The standard InChI is InChI=1S/C17H18N2O3/c1-11(9-14-3-2-8-22-14)18-17(21)13-4-6-15-12(10-13)5-7-16(20)19-15/h2-4,6,8,10-11H,5,7,9H2,1H3,(H,18,21)(H,19,20)/t11-/m0/s1. The third-order valence-electron chi connectivity index (χ3n) is 3.73. The molecule has 1 aliphatic rings. The number of aryl methyl sites for hydroxylation is 1. The minimum Gasteiger partial charge on any atom is -0.469 e. The summed E-state index contributed by atoms with van der Waals surface area (Å²) < 4.78 is 5.28. The van der Waals surface area contributed by atoms with Crippen molar-refractivity contribution in [1.29, 1.82) is 0 Å². The van der Waals surface area contributed by atoms with Crippen molar-refractivity contribution in [2.45, 2.75) is 32.2 Å². The van der Waals surface area contributed by atoms with Gasteiger partial charge in [-0.25, -0.2) is 0 Å². The quantitative estimate of drug-likeness (QED) is 0.911. The van der Waals surface area contributed by atoms with Gasteiger partial charge in [-0.1, -0.05) is 0 Å². The molecular formula is C17H18N2O3. The van der Waals surface area contributed by atoms with Gasteiger partial charge in [0.15, 0.2) is 0 Å². The zero-order valence-electron chi connectivity index (χ0n) is 12.4. The van der Waals surface area contributed by atoms with Crippen molar-refractivity contribution < 1.29 is 14.0 Å². The Labute approximate surface area is 128 Å². The number of carbonyl (C=O) groups is 2. The fourth-order valence-electron chi connectivity index (χ4n) is 2.61. The van der Waals surface area contributed by atoms with Crippen LogP contribution in [-0.4, -0.2) is 17.9 Å². The lowest BCUT2D eigenvalue weighted by Gasteiger charge is -2.18. The number of nitrogens with one attached hydrogen (secondary N) is 2. The second kappa shape index (κ2) is 6.05. The average Bonchev–Trinajstić information content (AvgIpc) is 2.99. The lowest BCUT2D eigenvalue weighted by atomic mass is 10.00. The third-order valence-corrected chi connectivity index (χ3v) is 3.73. The van der Waals surface area contributed by atoms with Crippen molar-refractivity contribution in [2.24, 2.45) is 0 Å². The molecule has 1 aromatic heterocycles. The van der Waals surface area contributed by atoms with Gasteiger partial charge in [0.25, 0.3) is 5.91 Å². The van der Waals surface area contributed by atoms with E-state index < -0.39 is 0 Å². The van der Waals surface area contributed by atoms with Gasteiger partial charge in [0, 0.05) is 30.1 Å². The Balaban J connectivity index is 1.66. The molecule has 2 aromatic rings. The molecule has 114 valence electrons. The second-order valence-corrected chi connectivity index (χ2v) is 5.58. The van der Waals surface area contributed by atoms with Crippen LogP contribution in [0, 0.1) is 0 Å². The van der Waals surface area contributed by atoms with E-state index in [9.17, 15) is 9.59 Å². The van der Waals surface area contributed by atoms with E-state index in [2.05, 4.69) is 10.6 Å². The van der Waals surface area contributed by atoms with Gasteiger partial charge in [-0.05, 0) is 49.2 Å². The first-order valence-corrected chi connectivity index (χ1v) is 7.38. The molecule has 0 saturated carbocycles. The van der Waals surface area contributed by atoms with Gasteiger partial charge in [0.1, 0.15) is 5.76 Å². The molecule has 0 aliphatic carbocycles. The Morgan fingerprint density at radius 2 is 2.23 bits per heavy atom. The normalized spacial score (nSPS) is 14.9. The van der Waals surface area contributed by atoms with Gasteiger partial charge in [-0.15, -0.1) is 0 Å². The Bertz CT molecular complexity index is 692.